The minimum absolute atomic E-state index is 0.00130. The highest BCUT2D eigenvalue weighted by molar-refractivity contribution is 7.07. The first-order chi connectivity index (χ1) is 14.1. The smallest absolute Gasteiger partial charge is 0.277 e. The molecule has 0 spiro atoms. The van der Waals surface area contributed by atoms with Crippen molar-refractivity contribution in [2.24, 2.45) is 0 Å². The van der Waals surface area contributed by atoms with Gasteiger partial charge in [0.1, 0.15) is 0 Å². The summed E-state index contributed by atoms with van der Waals surface area (Å²) in [5, 5.41) is 7.66. The highest BCUT2D eigenvalue weighted by Gasteiger charge is 2.28. The Kier molecular flexibility index (Phi) is 4.75. The number of likely N-dealkylation sites (tertiary alicyclic amines) is 1. The summed E-state index contributed by atoms with van der Waals surface area (Å²) in [5.41, 5.74) is 4.46. The molecule has 29 heavy (non-hydrogen) atoms. The van der Waals surface area contributed by atoms with Gasteiger partial charge in [-0.05, 0) is 41.8 Å². The van der Waals surface area contributed by atoms with Crippen LogP contribution in [0, 0.1) is 0 Å². The number of H-pyrrole nitrogens is 1. The fraction of sp³-hybridized carbons (Fsp3) is 0.476. The third-order valence-corrected chi connectivity index (χ3v) is 6.90. The third-order valence-electron chi connectivity index (χ3n) is 6.16. The van der Waals surface area contributed by atoms with Gasteiger partial charge >= 0.3 is 0 Å². The third kappa shape index (κ3) is 3.40. The summed E-state index contributed by atoms with van der Waals surface area (Å²) in [5.74, 6) is -0.00130. The largest absolute Gasteiger partial charge is 0.338 e. The maximum absolute atomic E-state index is 13.1. The number of carbonyl (C=O) groups excluding carboxylic acids is 1. The number of aromatic nitrogens is 3. The average molecular weight is 412 g/mol. The number of amides is 1. The summed E-state index contributed by atoms with van der Waals surface area (Å²) in [6, 6.07) is 4.48. The Morgan fingerprint density at radius 1 is 1.34 bits per heavy atom. The number of hydrogen-bond donors (Lipinski definition) is 1. The zero-order valence-electron chi connectivity index (χ0n) is 16.6. The predicted molar refractivity (Wildman–Crippen MR) is 112 cm³/mol. The van der Waals surface area contributed by atoms with E-state index in [0.717, 1.165) is 30.9 Å². The van der Waals surface area contributed by atoms with E-state index in [9.17, 15) is 9.59 Å². The molecule has 3 aromatic heterocycles. The second-order valence-corrected chi connectivity index (χ2v) is 8.83. The standard InChI is InChI=1S/C21H25N5O2S/c1-14(27)24-8-5-17-16(12-24)21(28)26-20(22-17)10-18(23-26)19-4-2-3-7-25(19)11-15-6-9-29-13-15/h6,9-10,13,19,23H,2-5,7-8,11-12H2,1H3. The average Bonchev–Trinajstić information content (AvgIpc) is 3.38. The number of piperidine rings is 1. The summed E-state index contributed by atoms with van der Waals surface area (Å²) in [7, 11) is 0. The molecular weight excluding hydrogens is 386 g/mol. The van der Waals surface area contributed by atoms with Crippen molar-refractivity contribution in [3.8, 4) is 0 Å². The van der Waals surface area contributed by atoms with E-state index in [1.807, 2.05) is 6.07 Å². The highest BCUT2D eigenvalue weighted by atomic mass is 32.1. The van der Waals surface area contributed by atoms with Crippen LogP contribution in [0.15, 0.2) is 27.7 Å². The number of fused-ring (bicyclic) bond motifs is 2. The molecule has 1 amide bonds. The molecule has 1 saturated heterocycles. The fourth-order valence-electron chi connectivity index (χ4n) is 4.59. The summed E-state index contributed by atoms with van der Waals surface area (Å²) in [6.07, 6.45) is 4.10. The number of carbonyl (C=O) groups is 1. The second kappa shape index (κ2) is 7.42. The van der Waals surface area contributed by atoms with Gasteiger partial charge in [0.2, 0.25) is 5.91 Å². The first-order valence-corrected chi connectivity index (χ1v) is 11.2. The van der Waals surface area contributed by atoms with E-state index in [4.69, 9.17) is 4.98 Å². The van der Waals surface area contributed by atoms with Gasteiger partial charge in [-0.1, -0.05) is 6.42 Å². The van der Waals surface area contributed by atoms with Crippen molar-refractivity contribution < 1.29 is 4.79 Å². The van der Waals surface area contributed by atoms with Gasteiger partial charge in [-0.2, -0.15) is 11.3 Å². The number of nitrogens with zero attached hydrogens (tertiary/aromatic N) is 4. The van der Waals surface area contributed by atoms with Gasteiger partial charge in [0.15, 0.2) is 5.65 Å². The quantitative estimate of drug-likeness (QED) is 0.719. The molecule has 3 aromatic rings. The Labute approximate surface area is 173 Å². The number of thiophene rings is 1. The van der Waals surface area contributed by atoms with Crippen molar-refractivity contribution in [2.75, 3.05) is 13.1 Å². The maximum atomic E-state index is 13.1. The second-order valence-electron chi connectivity index (χ2n) is 8.05. The van der Waals surface area contributed by atoms with Crippen LogP contribution in [0.3, 0.4) is 0 Å². The zero-order chi connectivity index (χ0) is 20.0. The topological polar surface area (TPSA) is 73.7 Å². The first-order valence-electron chi connectivity index (χ1n) is 10.2. The molecule has 8 heteroatoms. The Morgan fingerprint density at radius 3 is 3.03 bits per heavy atom. The molecule has 0 bridgehead atoms. The zero-order valence-corrected chi connectivity index (χ0v) is 17.4. The summed E-state index contributed by atoms with van der Waals surface area (Å²) in [4.78, 5) is 33.8. The summed E-state index contributed by atoms with van der Waals surface area (Å²) >= 11 is 1.73. The van der Waals surface area contributed by atoms with Gasteiger partial charge in [-0.25, -0.2) is 9.50 Å². The lowest BCUT2D eigenvalue weighted by atomic mass is 9.99. The van der Waals surface area contributed by atoms with Crippen LogP contribution < -0.4 is 5.56 Å². The molecule has 1 fully saturated rings. The molecule has 0 aromatic carbocycles. The molecule has 0 saturated carbocycles. The summed E-state index contributed by atoms with van der Waals surface area (Å²) < 4.78 is 1.56. The molecule has 2 aliphatic rings. The molecule has 1 unspecified atom stereocenters. The lowest BCUT2D eigenvalue weighted by molar-refractivity contribution is -0.129. The Morgan fingerprint density at radius 2 is 2.24 bits per heavy atom. The lowest BCUT2D eigenvalue weighted by Crippen LogP contribution is -2.39. The van der Waals surface area contributed by atoms with E-state index >= 15 is 0 Å². The first kappa shape index (κ1) is 18.6. The predicted octanol–water partition coefficient (Wildman–Crippen LogP) is 2.72. The molecule has 0 aliphatic carbocycles. The van der Waals surface area contributed by atoms with Crippen LogP contribution in [-0.2, 0) is 24.3 Å². The van der Waals surface area contributed by atoms with Crippen molar-refractivity contribution in [1.29, 1.82) is 0 Å². The van der Waals surface area contributed by atoms with Crippen molar-refractivity contribution in [2.45, 2.75) is 51.7 Å². The lowest BCUT2D eigenvalue weighted by Gasteiger charge is -2.34. The Bertz CT molecular complexity index is 1100. The van der Waals surface area contributed by atoms with Crippen LogP contribution in [0.4, 0.5) is 0 Å². The molecule has 2 aliphatic heterocycles. The van der Waals surface area contributed by atoms with Crippen molar-refractivity contribution in [3.05, 3.63) is 55.8 Å². The van der Waals surface area contributed by atoms with Crippen LogP contribution >= 0.6 is 11.3 Å². The SMILES string of the molecule is CC(=O)N1CCc2nc3cc(C4CCCCN4Cc4ccsc4)[nH]n3c(=O)c2C1. The molecule has 1 N–H and O–H groups in total. The summed E-state index contributed by atoms with van der Waals surface area (Å²) in [6.45, 7) is 4.51. The number of hydrogen-bond acceptors (Lipinski definition) is 5. The van der Waals surface area contributed by atoms with Crippen LogP contribution in [-0.4, -0.2) is 43.4 Å². The van der Waals surface area contributed by atoms with Gasteiger partial charge in [0, 0.05) is 32.5 Å². The van der Waals surface area contributed by atoms with E-state index in [1.165, 1.54) is 18.4 Å². The normalized spacial score (nSPS) is 20.2. The van der Waals surface area contributed by atoms with E-state index in [0.29, 0.717) is 30.7 Å². The molecular formula is C21H25N5O2S. The van der Waals surface area contributed by atoms with Crippen molar-refractivity contribution in [1.82, 2.24) is 24.4 Å². The molecule has 1 atom stereocenters. The fourth-order valence-corrected chi connectivity index (χ4v) is 5.25. The minimum atomic E-state index is -0.0811. The molecule has 0 radical (unpaired) electrons. The number of aromatic amines is 1. The Hall–Kier alpha value is -2.45. The van der Waals surface area contributed by atoms with Crippen molar-refractivity contribution in [3.63, 3.8) is 0 Å². The van der Waals surface area contributed by atoms with Crippen LogP contribution in [0.25, 0.3) is 5.65 Å². The molecule has 7 nitrogen and oxygen atoms in total. The van der Waals surface area contributed by atoms with E-state index < -0.39 is 0 Å². The monoisotopic (exact) mass is 411 g/mol. The molecule has 5 rings (SSSR count). The van der Waals surface area contributed by atoms with Crippen molar-refractivity contribution >= 4 is 22.9 Å². The van der Waals surface area contributed by atoms with Gasteiger partial charge in [0.05, 0.1) is 29.5 Å². The molecule has 152 valence electrons. The number of rotatable bonds is 3. The minimum Gasteiger partial charge on any atom is -0.338 e. The van der Waals surface area contributed by atoms with E-state index in [-0.39, 0.29) is 17.5 Å². The van der Waals surface area contributed by atoms with Crippen LogP contribution in [0.5, 0.6) is 0 Å². The van der Waals surface area contributed by atoms with Gasteiger partial charge in [-0.3, -0.25) is 19.6 Å². The van der Waals surface area contributed by atoms with Gasteiger partial charge in [-0.15, -0.1) is 0 Å². The van der Waals surface area contributed by atoms with Gasteiger partial charge < -0.3 is 4.90 Å². The number of nitrogens with one attached hydrogen (secondary N) is 1. The van der Waals surface area contributed by atoms with Crippen LogP contribution in [0.1, 0.15) is 54.7 Å². The maximum Gasteiger partial charge on any atom is 0.277 e. The van der Waals surface area contributed by atoms with E-state index in [1.54, 1.807) is 27.7 Å². The van der Waals surface area contributed by atoms with E-state index in [2.05, 4.69) is 26.8 Å². The molecule has 5 heterocycles. The van der Waals surface area contributed by atoms with Crippen LogP contribution in [0.2, 0.25) is 0 Å². The highest BCUT2D eigenvalue weighted by Crippen LogP contribution is 2.32. The Balaban J connectivity index is 1.50. The van der Waals surface area contributed by atoms with Gasteiger partial charge in [0.25, 0.3) is 5.56 Å².